The zero-order valence-corrected chi connectivity index (χ0v) is 14.2. The Morgan fingerprint density at radius 1 is 1.08 bits per heavy atom. The lowest BCUT2D eigenvalue weighted by Crippen LogP contribution is -2.07. The van der Waals surface area contributed by atoms with Crippen molar-refractivity contribution in [2.75, 3.05) is 0 Å². The molecule has 0 unspecified atom stereocenters. The first-order chi connectivity index (χ1) is 12.2. The first-order valence-corrected chi connectivity index (χ1v) is 9.14. The largest absolute Gasteiger partial charge is 0.494 e. The lowest BCUT2D eigenvalue weighted by Gasteiger charge is -2.17. The molecule has 5 rings (SSSR count). The molecule has 3 heterocycles. The van der Waals surface area contributed by atoms with Crippen LogP contribution in [0.1, 0.15) is 12.0 Å². The fraction of sp³-hybridized carbons (Fsp3) is 0.150. The van der Waals surface area contributed by atoms with Crippen molar-refractivity contribution in [3.05, 3.63) is 59.2 Å². The number of benzene rings is 2. The van der Waals surface area contributed by atoms with Gasteiger partial charge in [0.15, 0.2) is 5.88 Å². The first-order valence-electron chi connectivity index (χ1n) is 8.26. The molecule has 0 fully saturated rings. The summed E-state index contributed by atoms with van der Waals surface area (Å²) in [7, 11) is 0. The molecule has 0 spiro atoms. The summed E-state index contributed by atoms with van der Waals surface area (Å²) in [4.78, 5) is 4.74. The van der Waals surface area contributed by atoms with E-state index in [1.165, 1.54) is 17.7 Å². The molecule has 0 saturated heterocycles. The minimum atomic E-state index is -0.241. The van der Waals surface area contributed by atoms with Crippen molar-refractivity contribution in [2.45, 2.75) is 19.4 Å². The smallest absolute Gasteiger partial charge is 0.192 e. The lowest BCUT2D eigenvalue weighted by molar-refractivity contribution is 0.414. The zero-order chi connectivity index (χ0) is 17.0. The van der Waals surface area contributed by atoms with Gasteiger partial charge in [0, 0.05) is 34.5 Å². The summed E-state index contributed by atoms with van der Waals surface area (Å²) in [5, 5.41) is 14.1. The Balaban J connectivity index is 1.61. The quantitative estimate of drug-likeness (QED) is 0.538. The molecule has 5 heteroatoms. The van der Waals surface area contributed by atoms with Crippen molar-refractivity contribution in [1.82, 2.24) is 9.55 Å². The van der Waals surface area contributed by atoms with Crippen LogP contribution in [0.2, 0.25) is 0 Å². The van der Waals surface area contributed by atoms with Crippen LogP contribution in [0.15, 0.2) is 47.8 Å². The summed E-state index contributed by atoms with van der Waals surface area (Å²) < 4.78 is 15.1. The summed E-state index contributed by atoms with van der Waals surface area (Å²) in [6, 6.07) is 12.5. The standard InChI is InChI=1S/C20H15FN2OS/c21-16-5-3-12(4-6-16)20-22-17(11-25-20)14-8-13-2-1-7-23-18(24)10-15(9-14)19(13)23/h3-6,8-11,24H,1-2,7H2. The summed E-state index contributed by atoms with van der Waals surface area (Å²) >= 11 is 1.56. The highest BCUT2D eigenvalue weighted by Gasteiger charge is 2.18. The Hall–Kier alpha value is -2.66. The molecule has 0 bridgehead atoms. The van der Waals surface area contributed by atoms with Crippen LogP contribution in [-0.4, -0.2) is 14.7 Å². The number of hydrogen-bond acceptors (Lipinski definition) is 3. The molecule has 1 aliphatic rings. The number of aromatic nitrogens is 2. The average Bonchev–Trinajstić information content (AvgIpc) is 3.23. The zero-order valence-electron chi connectivity index (χ0n) is 13.4. The van der Waals surface area contributed by atoms with Gasteiger partial charge in [-0.05, 0) is 54.8 Å². The van der Waals surface area contributed by atoms with Crippen LogP contribution in [-0.2, 0) is 13.0 Å². The van der Waals surface area contributed by atoms with E-state index in [1.54, 1.807) is 23.5 Å². The second-order valence-corrected chi connectivity index (χ2v) is 7.23. The molecule has 2 aromatic heterocycles. The predicted molar refractivity (Wildman–Crippen MR) is 98.4 cm³/mol. The molecule has 124 valence electrons. The van der Waals surface area contributed by atoms with Crippen molar-refractivity contribution < 1.29 is 9.50 Å². The highest BCUT2D eigenvalue weighted by molar-refractivity contribution is 7.13. The van der Waals surface area contributed by atoms with Gasteiger partial charge < -0.3 is 9.67 Å². The van der Waals surface area contributed by atoms with E-state index in [-0.39, 0.29) is 5.82 Å². The highest BCUT2D eigenvalue weighted by Crippen LogP contribution is 2.37. The average molecular weight is 350 g/mol. The fourth-order valence-electron chi connectivity index (χ4n) is 3.61. The molecule has 3 nitrogen and oxygen atoms in total. The number of halogens is 1. The minimum absolute atomic E-state index is 0.241. The van der Waals surface area contributed by atoms with Crippen molar-refractivity contribution >= 4 is 22.2 Å². The van der Waals surface area contributed by atoms with Crippen molar-refractivity contribution in [3.8, 4) is 27.7 Å². The highest BCUT2D eigenvalue weighted by atomic mass is 32.1. The first kappa shape index (κ1) is 14.7. The Morgan fingerprint density at radius 3 is 2.76 bits per heavy atom. The van der Waals surface area contributed by atoms with Gasteiger partial charge in [-0.25, -0.2) is 9.37 Å². The van der Waals surface area contributed by atoms with Gasteiger partial charge in [-0.2, -0.15) is 0 Å². The molecule has 4 aromatic rings. The van der Waals surface area contributed by atoms with Crippen LogP contribution in [0.5, 0.6) is 5.88 Å². The van der Waals surface area contributed by atoms with E-state index in [0.717, 1.165) is 52.1 Å². The lowest BCUT2D eigenvalue weighted by atomic mass is 9.99. The van der Waals surface area contributed by atoms with Crippen molar-refractivity contribution in [3.63, 3.8) is 0 Å². The molecule has 1 aliphatic heterocycles. The van der Waals surface area contributed by atoms with E-state index in [4.69, 9.17) is 4.98 Å². The van der Waals surface area contributed by atoms with Crippen molar-refractivity contribution in [1.29, 1.82) is 0 Å². The minimum Gasteiger partial charge on any atom is -0.494 e. The molecule has 0 amide bonds. The number of thiazole rings is 1. The third-order valence-corrected chi connectivity index (χ3v) is 5.66. The maximum atomic E-state index is 13.1. The number of aromatic hydroxyl groups is 1. The molecular weight excluding hydrogens is 335 g/mol. The van der Waals surface area contributed by atoms with Crippen LogP contribution >= 0.6 is 11.3 Å². The number of aryl methyl sites for hydroxylation is 2. The maximum absolute atomic E-state index is 13.1. The fourth-order valence-corrected chi connectivity index (χ4v) is 4.45. The molecule has 2 aromatic carbocycles. The van der Waals surface area contributed by atoms with E-state index < -0.39 is 0 Å². The van der Waals surface area contributed by atoms with E-state index in [0.29, 0.717) is 5.88 Å². The van der Waals surface area contributed by atoms with Gasteiger partial charge >= 0.3 is 0 Å². The number of nitrogens with zero attached hydrogens (tertiary/aromatic N) is 2. The normalized spacial score (nSPS) is 13.5. The van der Waals surface area contributed by atoms with Gasteiger partial charge in [0.1, 0.15) is 10.8 Å². The van der Waals surface area contributed by atoms with Gasteiger partial charge in [0.2, 0.25) is 0 Å². The second kappa shape index (κ2) is 5.43. The van der Waals surface area contributed by atoms with Gasteiger partial charge in [0.25, 0.3) is 0 Å². The van der Waals surface area contributed by atoms with Gasteiger partial charge in [-0.1, -0.05) is 0 Å². The van der Waals surface area contributed by atoms with E-state index in [2.05, 4.69) is 12.1 Å². The van der Waals surface area contributed by atoms with Gasteiger partial charge in [-0.3, -0.25) is 0 Å². The summed E-state index contributed by atoms with van der Waals surface area (Å²) in [5.41, 5.74) is 5.30. The third-order valence-electron chi connectivity index (χ3n) is 4.77. The maximum Gasteiger partial charge on any atom is 0.192 e. The van der Waals surface area contributed by atoms with Crippen LogP contribution in [0.25, 0.3) is 32.7 Å². The van der Waals surface area contributed by atoms with Crippen LogP contribution in [0.4, 0.5) is 4.39 Å². The van der Waals surface area contributed by atoms with E-state index in [1.807, 2.05) is 16.0 Å². The summed E-state index contributed by atoms with van der Waals surface area (Å²) in [6.45, 7) is 0.868. The second-order valence-electron chi connectivity index (χ2n) is 6.38. The van der Waals surface area contributed by atoms with Gasteiger partial charge in [0.05, 0.1) is 11.2 Å². The number of rotatable bonds is 2. The summed E-state index contributed by atoms with van der Waals surface area (Å²) in [6.07, 6.45) is 2.05. The van der Waals surface area contributed by atoms with Gasteiger partial charge in [-0.15, -0.1) is 11.3 Å². The third kappa shape index (κ3) is 2.35. The van der Waals surface area contributed by atoms with Crippen LogP contribution in [0, 0.1) is 5.82 Å². The van der Waals surface area contributed by atoms with E-state index >= 15 is 0 Å². The Bertz CT molecular complexity index is 1100. The molecular formula is C20H15FN2OS. The molecule has 0 saturated carbocycles. The molecule has 1 N–H and O–H groups in total. The molecule has 0 atom stereocenters. The number of hydrogen-bond donors (Lipinski definition) is 1. The topological polar surface area (TPSA) is 38.1 Å². The molecule has 0 aliphatic carbocycles. The van der Waals surface area contributed by atoms with Crippen LogP contribution < -0.4 is 0 Å². The summed E-state index contributed by atoms with van der Waals surface area (Å²) in [5.74, 6) is 0.0905. The van der Waals surface area contributed by atoms with Crippen LogP contribution in [0.3, 0.4) is 0 Å². The SMILES string of the molecule is Oc1cc2cc(-c3csc(-c4ccc(F)cc4)n3)cc3c2n1CCC3. The Kier molecular flexibility index (Phi) is 3.18. The molecule has 0 radical (unpaired) electrons. The molecule has 25 heavy (non-hydrogen) atoms. The monoisotopic (exact) mass is 350 g/mol. The predicted octanol–water partition coefficient (Wildman–Crippen LogP) is 5.22. The van der Waals surface area contributed by atoms with E-state index in [9.17, 15) is 9.50 Å². The Morgan fingerprint density at radius 2 is 1.92 bits per heavy atom. The van der Waals surface area contributed by atoms with Crippen molar-refractivity contribution in [2.24, 2.45) is 0 Å². The Labute approximate surface area is 148 Å².